The number of rotatable bonds is 6. The van der Waals surface area contributed by atoms with Gasteiger partial charge in [0.1, 0.15) is 23.6 Å². The summed E-state index contributed by atoms with van der Waals surface area (Å²) in [6.07, 6.45) is 11.5. The number of hydrogen-bond donors (Lipinski definition) is 1. The van der Waals surface area contributed by atoms with E-state index in [1.165, 1.54) is 27.7 Å². The number of anilines is 1. The van der Waals surface area contributed by atoms with E-state index in [2.05, 4.69) is 47.1 Å². The maximum atomic E-state index is 12.9. The molecule has 0 aliphatic rings. The summed E-state index contributed by atoms with van der Waals surface area (Å²) in [6.45, 7) is -2.92. The minimum atomic E-state index is -3.03. The van der Waals surface area contributed by atoms with Crippen LogP contribution in [0.3, 0.4) is 0 Å². The highest BCUT2D eigenvalue weighted by Crippen LogP contribution is 2.37. The molecule has 11 heteroatoms. The molecular weight excluding hydrogens is 474 g/mol. The number of hydrogen-bond acceptors (Lipinski definition) is 5. The van der Waals surface area contributed by atoms with Crippen LogP contribution in [-0.2, 0) is 6.54 Å². The van der Waals surface area contributed by atoms with E-state index in [1.807, 2.05) is 0 Å². The molecule has 0 aliphatic carbocycles. The highest BCUT2D eigenvalue weighted by Gasteiger charge is 2.21. The molecule has 0 atom stereocenters. The van der Waals surface area contributed by atoms with Gasteiger partial charge in [-0.25, -0.2) is 9.50 Å². The Morgan fingerprint density at radius 1 is 1.39 bits per heavy atom. The van der Waals surface area contributed by atoms with Crippen LogP contribution in [-0.4, -0.2) is 36.9 Å². The fourth-order valence-corrected chi connectivity index (χ4v) is 3.31. The van der Waals surface area contributed by atoms with Gasteiger partial charge < -0.3 is 10.1 Å². The summed E-state index contributed by atoms with van der Waals surface area (Å²) in [5, 5.41) is 11.2. The van der Waals surface area contributed by atoms with Gasteiger partial charge in [0.05, 0.1) is 18.1 Å². The molecular formula is C20H13BrF2N6O2. The topological polar surface area (TPSA) is 86.3 Å². The summed E-state index contributed by atoms with van der Waals surface area (Å²) in [5.74, 6) is 1.84. The summed E-state index contributed by atoms with van der Waals surface area (Å²) in [7, 11) is 0. The summed E-state index contributed by atoms with van der Waals surface area (Å²) in [4.78, 5) is 17.1. The van der Waals surface area contributed by atoms with E-state index in [-0.39, 0.29) is 34.8 Å². The second-order valence-corrected chi connectivity index (χ2v) is 7.13. The van der Waals surface area contributed by atoms with Gasteiger partial charge in [-0.2, -0.15) is 19.0 Å². The van der Waals surface area contributed by atoms with Crippen molar-refractivity contribution in [1.29, 1.82) is 0 Å². The number of ether oxygens (including phenoxy) is 1. The van der Waals surface area contributed by atoms with Crippen LogP contribution < -0.4 is 10.1 Å². The molecule has 1 aromatic carbocycles. The monoisotopic (exact) mass is 486 g/mol. The zero-order chi connectivity index (χ0) is 22.0. The quantitative estimate of drug-likeness (QED) is 0.418. The SMILES string of the molecule is C#CCn1cc(NC(=O)c2cnn3cccnc23)c(-c2cc(Br)ccc2OC(F)F)n1. The van der Waals surface area contributed by atoms with E-state index in [0.717, 1.165) is 0 Å². The Balaban J connectivity index is 1.77. The first-order valence-electron chi connectivity index (χ1n) is 8.81. The number of halogens is 3. The van der Waals surface area contributed by atoms with Crippen LogP contribution in [0.25, 0.3) is 16.9 Å². The number of terminal acetylenes is 1. The molecule has 3 aromatic heterocycles. The van der Waals surface area contributed by atoms with E-state index in [9.17, 15) is 13.6 Å². The Kier molecular flexibility index (Phi) is 5.64. The predicted octanol–water partition coefficient (Wildman–Crippen LogP) is 3.84. The molecule has 0 spiro atoms. The third kappa shape index (κ3) is 4.24. The van der Waals surface area contributed by atoms with E-state index in [0.29, 0.717) is 10.1 Å². The molecule has 4 aromatic rings. The third-order valence-electron chi connectivity index (χ3n) is 4.20. The number of nitrogens with zero attached hydrogens (tertiary/aromatic N) is 5. The number of carbonyl (C=O) groups excluding carboxylic acids is 1. The third-order valence-corrected chi connectivity index (χ3v) is 4.69. The number of alkyl halides is 2. The van der Waals surface area contributed by atoms with Crippen LogP contribution in [0.1, 0.15) is 10.4 Å². The molecule has 3 heterocycles. The maximum Gasteiger partial charge on any atom is 0.387 e. The fourth-order valence-electron chi connectivity index (χ4n) is 2.95. The van der Waals surface area contributed by atoms with Gasteiger partial charge in [0.15, 0.2) is 5.65 Å². The molecule has 0 unspecified atom stereocenters. The van der Waals surface area contributed by atoms with Gasteiger partial charge in [-0.1, -0.05) is 21.9 Å². The molecule has 0 radical (unpaired) electrons. The molecule has 0 saturated carbocycles. The number of fused-ring (bicyclic) bond motifs is 1. The van der Waals surface area contributed by atoms with Crippen molar-refractivity contribution < 1.29 is 18.3 Å². The van der Waals surface area contributed by atoms with Crippen molar-refractivity contribution in [2.24, 2.45) is 0 Å². The standard InChI is InChI=1S/C20H13BrF2N6O2/c1-2-7-28-11-15(26-19(30)14-10-25-29-8-3-6-24-18(14)29)17(27-28)13-9-12(21)4-5-16(13)31-20(22)23/h1,3-6,8-11,20H,7H2,(H,26,30). The van der Waals surface area contributed by atoms with Crippen LogP contribution in [0.2, 0.25) is 0 Å². The summed E-state index contributed by atoms with van der Waals surface area (Å²) >= 11 is 3.31. The number of amides is 1. The van der Waals surface area contributed by atoms with Gasteiger partial charge in [-0.05, 0) is 24.3 Å². The zero-order valence-electron chi connectivity index (χ0n) is 15.7. The number of nitrogens with one attached hydrogen (secondary N) is 1. The lowest BCUT2D eigenvalue weighted by Crippen LogP contribution is -2.12. The maximum absolute atomic E-state index is 12.9. The Morgan fingerprint density at radius 2 is 2.23 bits per heavy atom. The lowest BCUT2D eigenvalue weighted by Gasteiger charge is -2.11. The molecule has 0 bridgehead atoms. The first-order chi connectivity index (χ1) is 15.0. The number of carbonyl (C=O) groups is 1. The first kappa shape index (κ1) is 20.5. The van der Waals surface area contributed by atoms with Crippen molar-refractivity contribution in [3.05, 3.63) is 59.1 Å². The van der Waals surface area contributed by atoms with Gasteiger partial charge in [-0.15, -0.1) is 6.42 Å². The highest BCUT2D eigenvalue weighted by atomic mass is 79.9. The molecule has 8 nitrogen and oxygen atoms in total. The van der Waals surface area contributed by atoms with Crippen molar-refractivity contribution in [2.45, 2.75) is 13.2 Å². The average molecular weight is 487 g/mol. The fraction of sp³-hybridized carbons (Fsp3) is 0.100. The highest BCUT2D eigenvalue weighted by molar-refractivity contribution is 9.10. The zero-order valence-corrected chi connectivity index (χ0v) is 17.3. The Labute approximate surface area is 183 Å². The molecule has 1 N–H and O–H groups in total. The van der Waals surface area contributed by atoms with Gasteiger partial charge in [-0.3, -0.25) is 9.48 Å². The van der Waals surface area contributed by atoms with Gasteiger partial charge in [0, 0.05) is 22.4 Å². The summed E-state index contributed by atoms with van der Waals surface area (Å²) in [5.41, 5.74) is 1.31. The smallest absolute Gasteiger partial charge is 0.387 e. The van der Waals surface area contributed by atoms with E-state index < -0.39 is 12.5 Å². The molecule has 1 amide bonds. The Hall–Kier alpha value is -3.78. The first-order valence-corrected chi connectivity index (χ1v) is 9.61. The van der Waals surface area contributed by atoms with Crippen molar-refractivity contribution in [3.8, 4) is 29.4 Å². The largest absolute Gasteiger partial charge is 0.434 e. The lowest BCUT2D eigenvalue weighted by atomic mass is 10.1. The van der Waals surface area contributed by atoms with Crippen LogP contribution in [0, 0.1) is 12.3 Å². The van der Waals surface area contributed by atoms with Crippen LogP contribution in [0.4, 0.5) is 14.5 Å². The Bertz CT molecular complexity index is 1310. The molecule has 0 saturated heterocycles. The van der Waals surface area contributed by atoms with E-state index in [4.69, 9.17) is 6.42 Å². The minimum Gasteiger partial charge on any atom is -0.434 e. The summed E-state index contributed by atoms with van der Waals surface area (Å²) in [6, 6.07) is 6.18. The van der Waals surface area contributed by atoms with Crippen molar-refractivity contribution in [1.82, 2.24) is 24.4 Å². The molecule has 31 heavy (non-hydrogen) atoms. The van der Waals surface area contributed by atoms with Crippen LogP contribution in [0.5, 0.6) is 5.75 Å². The predicted molar refractivity (Wildman–Crippen MR) is 112 cm³/mol. The molecule has 4 rings (SSSR count). The van der Waals surface area contributed by atoms with Gasteiger partial charge >= 0.3 is 6.61 Å². The average Bonchev–Trinajstić information content (AvgIpc) is 3.33. The number of aromatic nitrogens is 5. The van der Waals surface area contributed by atoms with E-state index in [1.54, 1.807) is 30.6 Å². The van der Waals surface area contributed by atoms with Crippen molar-refractivity contribution in [2.75, 3.05) is 5.32 Å². The molecule has 0 aliphatic heterocycles. The molecule has 156 valence electrons. The summed E-state index contributed by atoms with van der Waals surface area (Å²) < 4.78 is 33.9. The second-order valence-electron chi connectivity index (χ2n) is 6.21. The van der Waals surface area contributed by atoms with E-state index >= 15 is 0 Å². The van der Waals surface area contributed by atoms with Crippen LogP contribution in [0.15, 0.2) is 53.5 Å². The molecule has 0 fully saturated rings. The van der Waals surface area contributed by atoms with Gasteiger partial charge in [0.25, 0.3) is 5.91 Å². The minimum absolute atomic E-state index is 0.0997. The van der Waals surface area contributed by atoms with Crippen molar-refractivity contribution >= 4 is 33.2 Å². The van der Waals surface area contributed by atoms with Crippen LogP contribution >= 0.6 is 15.9 Å². The number of benzene rings is 1. The second kappa shape index (κ2) is 8.53. The Morgan fingerprint density at radius 3 is 3.00 bits per heavy atom. The lowest BCUT2D eigenvalue weighted by molar-refractivity contribution is -0.0494. The van der Waals surface area contributed by atoms with Crippen molar-refractivity contribution in [3.63, 3.8) is 0 Å². The normalized spacial score (nSPS) is 10.9. The van der Waals surface area contributed by atoms with Gasteiger partial charge in [0.2, 0.25) is 0 Å².